The summed E-state index contributed by atoms with van der Waals surface area (Å²) in [6.45, 7) is 0.136. The van der Waals surface area contributed by atoms with Crippen molar-refractivity contribution < 1.29 is 19.1 Å². The number of aliphatic hydroxyl groups is 1. The highest BCUT2D eigenvalue weighted by Gasteiger charge is 2.46. The van der Waals surface area contributed by atoms with Gasteiger partial charge >= 0.3 is 0 Å². The van der Waals surface area contributed by atoms with Gasteiger partial charge < -0.3 is 14.4 Å². The number of amides is 1. The van der Waals surface area contributed by atoms with E-state index in [0.29, 0.717) is 16.3 Å². The minimum absolute atomic E-state index is 0.0660. The molecule has 1 amide bonds. The molecule has 27 heavy (non-hydrogen) atoms. The summed E-state index contributed by atoms with van der Waals surface area (Å²) in [7, 11) is 0. The van der Waals surface area contributed by atoms with E-state index in [1.165, 1.54) is 22.5 Å². The van der Waals surface area contributed by atoms with Gasteiger partial charge in [-0.25, -0.2) is 0 Å². The number of carbonyl (C=O) groups is 2. The fourth-order valence-electron chi connectivity index (χ4n) is 3.12. The Balaban J connectivity index is 1.83. The maximum Gasteiger partial charge on any atom is 0.296 e. The number of halogens is 1. The lowest BCUT2D eigenvalue weighted by atomic mass is 10.00. The van der Waals surface area contributed by atoms with Crippen LogP contribution in [-0.2, 0) is 16.1 Å². The molecule has 1 atom stereocenters. The number of aliphatic hydroxyl groups excluding tert-OH is 1. The summed E-state index contributed by atoms with van der Waals surface area (Å²) < 4.78 is 5.34. The first-order valence-corrected chi connectivity index (χ1v) is 9.42. The molecule has 0 saturated carbocycles. The zero-order valence-electron chi connectivity index (χ0n) is 14.0. The largest absolute Gasteiger partial charge is 0.507 e. The standard InChI is InChI=1S/C20H14ClNO4S/c21-13-7-5-12(6-8-13)18(23)16-17(15-4-2-10-27-15)22(20(25)19(16)24)11-14-3-1-9-26-14/h1-10,17,23H,11H2/b18-16+/t17-/m0/s1. The third-order valence-corrected chi connectivity index (χ3v) is 5.55. The molecule has 0 unspecified atom stereocenters. The van der Waals surface area contributed by atoms with Crippen LogP contribution in [0.1, 0.15) is 22.2 Å². The second-order valence-electron chi connectivity index (χ2n) is 6.03. The molecule has 136 valence electrons. The number of furan rings is 1. The third-order valence-electron chi connectivity index (χ3n) is 4.38. The Bertz CT molecular complexity index is 1010. The van der Waals surface area contributed by atoms with Gasteiger partial charge in [-0.1, -0.05) is 17.7 Å². The molecular weight excluding hydrogens is 386 g/mol. The smallest absolute Gasteiger partial charge is 0.296 e. The molecule has 3 aromatic rings. The molecule has 1 saturated heterocycles. The minimum atomic E-state index is -0.715. The molecule has 4 rings (SSSR count). The number of hydrogen-bond donors (Lipinski definition) is 1. The van der Waals surface area contributed by atoms with Crippen LogP contribution in [0.15, 0.2) is 70.2 Å². The van der Waals surface area contributed by atoms with Crippen LogP contribution in [0, 0.1) is 0 Å². The van der Waals surface area contributed by atoms with Crippen molar-refractivity contribution >= 4 is 40.4 Å². The van der Waals surface area contributed by atoms with Crippen LogP contribution in [0.25, 0.3) is 5.76 Å². The molecule has 1 aliphatic heterocycles. The molecule has 0 bridgehead atoms. The van der Waals surface area contributed by atoms with E-state index < -0.39 is 17.7 Å². The number of ketones is 1. The van der Waals surface area contributed by atoms with Crippen LogP contribution >= 0.6 is 22.9 Å². The number of likely N-dealkylation sites (tertiary alicyclic amines) is 1. The summed E-state index contributed by atoms with van der Waals surface area (Å²) in [5.41, 5.74) is 0.494. The summed E-state index contributed by atoms with van der Waals surface area (Å²) in [6.07, 6.45) is 1.51. The Labute approximate surface area is 164 Å². The summed E-state index contributed by atoms with van der Waals surface area (Å²) in [6, 6.07) is 12.9. The Hall–Kier alpha value is -2.83. The van der Waals surface area contributed by atoms with E-state index in [9.17, 15) is 14.7 Å². The first kappa shape index (κ1) is 17.6. The average molecular weight is 400 g/mol. The van der Waals surface area contributed by atoms with Gasteiger partial charge in [0.15, 0.2) is 0 Å². The van der Waals surface area contributed by atoms with Crippen LogP contribution < -0.4 is 0 Å². The second kappa shape index (κ2) is 7.06. The fourth-order valence-corrected chi connectivity index (χ4v) is 4.09. The average Bonchev–Trinajstić information content (AvgIpc) is 3.40. The number of hydrogen-bond acceptors (Lipinski definition) is 5. The maximum atomic E-state index is 12.8. The highest BCUT2D eigenvalue weighted by molar-refractivity contribution is 7.10. The molecule has 5 nitrogen and oxygen atoms in total. The van der Waals surface area contributed by atoms with Gasteiger partial charge in [-0.2, -0.15) is 0 Å². The van der Waals surface area contributed by atoms with Crippen LogP contribution in [0.4, 0.5) is 0 Å². The molecule has 2 aromatic heterocycles. The third kappa shape index (κ3) is 3.18. The summed E-state index contributed by atoms with van der Waals surface area (Å²) in [5.74, 6) is -1.04. The van der Waals surface area contributed by atoms with Crippen molar-refractivity contribution in [1.29, 1.82) is 0 Å². The van der Waals surface area contributed by atoms with E-state index >= 15 is 0 Å². The first-order valence-electron chi connectivity index (χ1n) is 8.16. The van der Waals surface area contributed by atoms with Crippen molar-refractivity contribution in [3.63, 3.8) is 0 Å². The number of carbonyl (C=O) groups excluding carboxylic acids is 2. The van der Waals surface area contributed by atoms with Crippen molar-refractivity contribution in [2.24, 2.45) is 0 Å². The van der Waals surface area contributed by atoms with E-state index in [2.05, 4.69) is 0 Å². The highest BCUT2D eigenvalue weighted by atomic mass is 35.5. The van der Waals surface area contributed by atoms with E-state index in [0.717, 1.165) is 4.88 Å². The van der Waals surface area contributed by atoms with Gasteiger partial charge in [0.25, 0.3) is 11.7 Å². The SMILES string of the molecule is O=C1C(=O)N(Cc2ccco2)[C@@H](c2cccs2)/C1=C(\O)c1ccc(Cl)cc1. The zero-order chi connectivity index (χ0) is 19.0. The monoisotopic (exact) mass is 399 g/mol. The second-order valence-corrected chi connectivity index (χ2v) is 7.44. The summed E-state index contributed by atoms with van der Waals surface area (Å²) >= 11 is 7.32. The predicted molar refractivity (Wildman–Crippen MR) is 102 cm³/mol. The lowest BCUT2D eigenvalue weighted by molar-refractivity contribution is -0.140. The van der Waals surface area contributed by atoms with Crippen LogP contribution in [-0.4, -0.2) is 21.7 Å². The number of benzene rings is 1. The number of Topliss-reactive ketones (excluding diaryl/α,β-unsaturated/α-hetero) is 1. The molecule has 3 heterocycles. The van der Waals surface area contributed by atoms with E-state index in [1.54, 1.807) is 36.4 Å². The van der Waals surface area contributed by atoms with Gasteiger partial charge in [-0.15, -0.1) is 11.3 Å². The quantitative estimate of drug-likeness (QED) is 0.395. The Morgan fingerprint density at radius 3 is 2.56 bits per heavy atom. The van der Waals surface area contributed by atoms with E-state index in [4.69, 9.17) is 16.0 Å². The lowest BCUT2D eigenvalue weighted by Crippen LogP contribution is -2.28. The number of rotatable bonds is 4. The molecule has 0 spiro atoms. The predicted octanol–water partition coefficient (Wildman–Crippen LogP) is 4.62. The molecule has 0 radical (unpaired) electrons. The van der Waals surface area contributed by atoms with Crippen LogP contribution in [0.2, 0.25) is 5.02 Å². The zero-order valence-corrected chi connectivity index (χ0v) is 15.5. The van der Waals surface area contributed by atoms with Gasteiger partial charge in [0, 0.05) is 15.5 Å². The normalized spacial score (nSPS) is 19.0. The van der Waals surface area contributed by atoms with Gasteiger partial charge in [-0.3, -0.25) is 9.59 Å². The first-order chi connectivity index (χ1) is 13.1. The molecule has 7 heteroatoms. The Morgan fingerprint density at radius 1 is 1.15 bits per heavy atom. The molecule has 0 aliphatic carbocycles. The number of nitrogens with zero attached hydrogens (tertiary/aromatic N) is 1. The topological polar surface area (TPSA) is 70.8 Å². The molecule has 1 N–H and O–H groups in total. The van der Waals surface area contributed by atoms with Crippen molar-refractivity contribution in [2.75, 3.05) is 0 Å². The molecular formula is C20H14ClNO4S. The van der Waals surface area contributed by atoms with Crippen molar-refractivity contribution in [3.8, 4) is 0 Å². The van der Waals surface area contributed by atoms with Gasteiger partial charge in [0.2, 0.25) is 0 Å². The molecule has 1 aliphatic rings. The van der Waals surface area contributed by atoms with Gasteiger partial charge in [-0.05, 0) is 47.8 Å². The summed E-state index contributed by atoms with van der Waals surface area (Å²) in [4.78, 5) is 27.7. The molecule has 1 fully saturated rings. The Morgan fingerprint density at radius 2 is 1.93 bits per heavy atom. The fraction of sp³-hybridized carbons (Fsp3) is 0.100. The van der Waals surface area contributed by atoms with Crippen molar-refractivity contribution in [1.82, 2.24) is 4.90 Å². The van der Waals surface area contributed by atoms with E-state index in [1.807, 2.05) is 17.5 Å². The lowest BCUT2D eigenvalue weighted by Gasteiger charge is -2.23. The highest BCUT2D eigenvalue weighted by Crippen LogP contribution is 2.41. The maximum absolute atomic E-state index is 12.8. The van der Waals surface area contributed by atoms with Gasteiger partial charge in [0.1, 0.15) is 17.6 Å². The summed E-state index contributed by atoms with van der Waals surface area (Å²) in [5, 5.41) is 13.2. The Kier molecular flexibility index (Phi) is 4.59. The molecule has 1 aromatic carbocycles. The van der Waals surface area contributed by atoms with Crippen molar-refractivity contribution in [2.45, 2.75) is 12.6 Å². The van der Waals surface area contributed by atoms with E-state index in [-0.39, 0.29) is 17.9 Å². The van der Waals surface area contributed by atoms with Crippen molar-refractivity contribution in [3.05, 3.63) is 87.0 Å². The minimum Gasteiger partial charge on any atom is -0.507 e. The van der Waals surface area contributed by atoms with Gasteiger partial charge in [0.05, 0.1) is 18.4 Å². The van der Waals surface area contributed by atoms with Crippen LogP contribution in [0.5, 0.6) is 0 Å². The number of thiophene rings is 1. The van der Waals surface area contributed by atoms with Crippen LogP contribution in [0.3, 0.4) is 0 Å².